The number of hydrogen-bond donors (Lipinski definition) is 2. The van der Waals surface area contributed by atoms with Gasteiger partial charge in [0.15, 0.2) is 0 Å². The first-order valence-electron chi connectivity index (χ1n) is 5.48. The largest absolute Gasteiger partial charge is 0.295 e. The highest BCUT2D eigenvalue weighted by molar-refractivity contribution is 7.10. The third-order valence-electron chi connectivity index (χ3n) is 2.26. The molecule has 0 fully saturated rings. The Kier molecular flexibility index (Phi) is 5.31. The third-order valence-corrected chi connectivity index (χ3v) is 3.91. The van der Waals surface area contributed by atoms with Gasteiger partial charge in [-0.3, -0.25) is 15.6 Å². The van der Waals surface area contributed by atoms with Gasteiger partial charge in [-0.15, -0.1) is 11.3 Å². The summed E-state index contributed by atoms with van der Waals surface area (Å²) >= 11 is 19.3. The summed E-state index contributed by atoms with van der Waals surface area (Å²) in [7, 11) is 0. The van der Waals surface area contributed by atoms with Crippen LogP contribution in [0.3, 0.4) is 0 Å². The highest BCUT2D eigenvalue weighted by Gasteiger charge is 2.07. The summed E-state index contributed by atoms with van der Waals surface area (Å²) in [5, 5.41) is 3.01. The molecule has 0 aliphatic rings. The van der Waals surface area contributed by atoms with E-state index in [-0.39, 0.29) is 5.91 Å². The maximum atomic E-state index is 11.6. The van der Waals surface area contributed by atoms with E-state index in [0.29, 0.717) is 20.8 Å². The van der Waals surface area contributed by atoms with Crippen molar-refractivity contribution in [3.63, 3.8) is 0 Å². The predicted molar refractivity (Wildman–Crippen MR) is 86.6 cm³/mol. The molecule has 20 heavy (non-hydrogen) atoms. The molecule has 7 heteroatoms. The van der Waals surface area contributed by atoms with Crippen LogP contribution in [-0.2, 0) is 4.79 Å². The first kappa shape index (κ1) is 15.2. The number of carbonyl (C=O) groups excluding carboxylic acids is 1. The van der Waals surface area contributed by atoms with Gasteiger partial charge in [-0.05, 0) is 29.7 Å². The van der Waals surface area contributed by atoms with Gasteiger partial charge in [-0.25, -0.2) is 0 Å². The van der Waals surface area contributed by atoms with Crippen molar-refractivity contribution in [2.45, 2.75) is 0 Å². The van der Waals surface area contributed by atoms with Crippen molar-refractivity contribution in [1.82, 2.24) is 5.43 Å². The Hall–Kier alpha value is -1.20. The average Bonchev–Trinajstić information content (AvgIpc) is 2.88. The van der Waals surface area contributed by atoms with Gasteiger partial charge < -0.3 is 0 Å². The first-order valence-corrected chi connectivity index (χ1v) is 7.50. The number of rotatable bonds is 4. The molecule has 2 rings (SSSR count). The first-order chi connectivity index (χ1) is 9.56. The van der Waals surface area contributed by atoms with Crippen LogP contribution in [0.5, 0.6) is 0 Å². The minimum absolute atomic E-state index is 0.319. The smallest absolute Gasteiger partial charge is 0.262 e. The molecule has 0 aliphatic carbocycles. The lowest BCUT2D eigenvalue weighted by Crippen LogP contribution is -2.27. The van der Waals surface area contributed by atoms with Crippen molar-refractivity contribution < 1.29 is 4.79 Å². The van der Waals surface area contributed by atoms with Crippen LogP contribution in [0.1, 0.15) is 4.88 Å². The second-order valence-electron chi connectivity index (χ2n) is 3.71. The van der Waals surface area contributed by atoms with Crippen LogP contribution in [0.2, 0.25) is 15.1 Å². The van der Waals surface area contributed by atoms with E-state index in [1.807, 2.05) is 17.5 Å². The van der Waals surface area contributed by atoms with E-state index in [1.165, 1.54) is 18.2 Å². The summed E-state index contributed by atoms with van der Waals surface area (Å²) in [5.74, 6) is -0.319. The molecule has 0 bridgehead atoms. The molecule has 0 spiro atoms. The zero-order valence-corrected chi connectivity index (χ0v) is 13.1. The fourth-order valence-electron chi connectivity index (χ4n) is 1.37. The maximum Gasteiger partial charge on any atom is 0.262 e. The van der Waals surface area contributed by atoms with Crippen molar-refractivity contribution in [1.29, 1.82) is 0 Å². The number of amides is 1. The summed E-state index contributed by atoms with van der Waals surface area (Å²) in [5.41, 5.74) is 5.55. The molecule has 104 valence electrons. The number of thiophene rings is 1. The van der Waals surface area contributed by atoms with Gasteiger partial charge in [-0.2, -0.15) is 0 Å². The molecule has 1 aromatic heterocycles. The van der Waals surface area contributed by atoms with E-state index in [9.17, 15) is 4.79 Å². The topological polar surface area (TPSA) is 41.1 Å². The Balaban J connectivity index is 1.97. The van der Waals surface area contributed by atoms with Crippen LogP contribution in [0, 0.1) is 0 Å². The van der Waals surface area contributed by atoms with Crippen LogP contribution in [0.15, 0.2) is 35.7 Å². The van der Waals surface area contributed by atoms with E-state index >= 15 is 0 Å². The number of halogens is 3. The summed E-state index contributed by atoms with van der Waals surface area (Å²) < 4.78 is 0. The van der Waals surface area contributed by atoms with E-state index in [1.54, 1.807) is 17.4 Å². The van der Waals surface area contributed by atoms with Crippen LogP contribution in [-0.4, -0.2) is 5.91 Å². The summed E-state index contributed by atoms with van der Waals surface area (Å²) in [6.07, 6.45) is 3.13. The fourth-order valence-corrected chi connectivity index (χ4v) is 2.90. The van der Waals surface area contributed by atoms with Gasteiger partial charge in [0.25, 0.3) is 5.91 Å². The molecule has 0 atom stereocenters. The molecular formula is C13H9Cl3N2OS. The van der Waals surface area contributed by atoms with E-state index in [4.69, 9.17) is 34.8 Å². The molecule has 1 aromatic carbocycles. The van der Waals surface area contributed by atoms with Crippen molar-refractivity contribution in [3.05, 3.63) is 55.7 Å². The number of hydrazine groups is 1. The lowest BCUT2D eigenvalue weighted by molar-refractivity contribution is -0.115. The number of carbonyl (C=O) groups is 1. The highest BCUT2D eigenvalue weighted by atomic mass is 35.5. The van der Waals surface area contributed by atoms with E-state index in [2.05, 4.69) is 10.9 Å². The Bertz CT molecular complexity index is 618. The van der Waals surface area contributed by atoms with Crippen molar-refractivity contribution >= 4 is 63.8 Å². The summed E-state index contributed by atoms with van der Waals surface area (Å²) in [4.78, 5) is 12.6. The van der Waals surface area contributed by atoms with Crippen LogP contribution in [0.25, 0.3) is 6.08 Å². The third kappa shape index (κ3) is 4.15. The molecule has 1 amide bonds. The van der Waals surface area contributed by atoms with Crippen LogP contribution >= 0.6 is 46.1 Å². The van der Waals surface area contributed by atoms with Crippen molar-refractivity contribution in [3.8, 4) is 0 Å². The second-order valence-corrected chi connectivity index (χ2v) is 5.94. The summed E-state index contributed by atoms with van der Waals surface area (Å²) in [6, 6.07) is 6.89. The minimum atomic E-state index is -0.319. The molecule has 0 unspecified atom stereocenters. The second kappa shape index (κ2) is 6.99. The van der Waals surface area contributed by atoms with Gasteiger partial charge in [0.2, 0.25) is 0 Å². The van der Waals surface area contributed by atoms with Crippen molar-refractivity contribution in [2.24, 2.45) is 0 Å². The number of benzene rings is 1. The Morgan fingerprint density at radius 2 is 1.90 bits per heavy atom. The highest BCUT2D eigenvalue weighted by Crippen LogP contribution is 2.32. The average molecular weight is 348 g/mol. The number of anilines is 1. The molecule has 0 saturated heterocycles. The predicted octanol–water partition coefficient (Wildman–Crippen LogP) is 4.86. The van der Waals surface area contributed by atoms with Crippen LogP contribution in [0.4, 0.5) is 5.69 Å². The van der Waals surface area contributed by atoms with Crippen molar-refractivity contribution in [2.75, 3.05) is 5.43 Å². The number of hydrogen-bond acceptors (Lipinski definition) is 3. The maximum absolute atomic E-state index is 11.6. The van der Waals surface area contributed by atoms with Gasteiger partial charge in [-0.1, -0.05) is 40.9 Å². The molecule has 2 aromatic rings. The lowest BCUT2D eigenvalue weighted by Gasteiger charge is -2.10. The van der Waals surface area contributed by atoms with Gasteiger partial charge in [0, 0.05) is 16.0 Å². The zero-order chi connectivity index (χ0) is 14.5. The summed E-state index contributed by atoms with van der Waals surface area (Å²) in [6.45, 7) is 0. The Morgan fingerprint density at radius 3 is 2.50 bits per heavy atom. The molecule has 0 aliphatic heterocycles. The normalized spacial score (nSPS) is 10.8. The number of nitrogens with one attached hydrogen (secondary N) is 2. The molecular weight excluding hydrogens is 339 g/mol. The van der Waals surface area contributed by atoms with Gasteiger partial charge in [0.05, 0.1) is 15.7 Å². The van der Waals surface area contributed by atoms with E-state index < -0.39 is 0 Å². The molecule has 0 saturated carbocycles. The lowest BCUT2D eigenvalue weighted by atomic mass is 10.3. The Labute approximate surface area is 135 Å². The zero-order valence-electron chi connectivity index (χ0n) is 9.99. The van der Waals surface area contributed by atoms with Gasteiger partial charge in [0.1, 0.15) is 0 Å². The molecule has 3 nitrogen and oxygen atoms in total. The molecule has 1 heterocycles. The molecule has 0 radical (unpaired) electrons. The van der Waals surface area contributed by atoms with Gasteiger partial charge >= 0.3 is 0 Å². The van der Waals surface area contributed by atoms with E-state index in [0.717, 1.165) is 4.88 Å². The monoisotopic (exact) mass is 346 g/mol. The standard InChI is InChI=1S/C13H9Cl3N2OS/c14-8-6-10(15)13(11(16)7-8)18-17-12(19)4-3-9-2-1-5-20-9/h1-7,18H,(H,17,19). The minimum Gasteiger partial charge on any atom is -0.295 e. The quantitative estimate of drug-likeness (QED) is 0.612. The molecule has 2 N–H and O–H groups in total. The fraction of sp³-hybridized carbons (Fsp3) is 0. The van der Waals surface area contributed by atoms with Crippen LogP contribution < -0.4 is 10.9 Å². The SMILES string of the molecule is O=C(C=Cc1cccs1)NNc1c(Cl)cc(Cl)cc1Cl. The Morgan fingerprint density at radius 1 is 1.20 bits per heavy atom.